The number of rotatable bonds is 2. The lowest BCUT2D eigenvalue weighted by Crippen LogP contribution is -2.46. The molecular formula is C11H14ClNO2. The molecule has 2 N–H and O–H groups in total. The molecular weight excluding hydrogens is 214 g/mol. The quantitative estimate of drug-likeness (QED) is 0.804. The number of hydrogen-bond donors (Lipinski definition) is 2. The van der Waals surface area contributed by atoms with Gasteiger partial charge in [-0.3, -0.25) is 0 Å². The van der Waals surface area contributed by atoms with E-state index in [0.717, 1.165) is 13.0 Å². The smallest absolute Gasteiger partial charge is 0.127 e. The number of halogens is 1. The summed E-state index contributed by atoms with van der Waals surface area (Å²) in [5, 5.41) is 13.4. The Hall–Kier alpha value is -0.770. The van der Waals surface area contributed by atoms with Crippen molar-refractivity contribution in [2.75, 3.05) is 13.1 Å². The summed E-state index contributed by atoms with van der Waals surface area (Å²) >= 11 is 5.84. The molecule has 0 unspecified atom stereocenters. The highest BCUT2D eigenvalue weighted by Crippen LogP contribution is 2.20. The van der Waals surface area contributed by atoms with E-state index in [1.807, 2.05) is 12.1 Å². The Balaban J connectivity index is 2.01. The van der Waals surface area contributed by atoms with Crippen LogP contribution in [0.1, 0.15) is 6.42 Å². The zero-order valence-electron chi connectivity index (χ0n) is 8.32. The summed E-state index contributed by atoms with van der Waals surface area (Å²) in [5.41, 5.74) is 0. The summed E-state index contributed by atoms with van der Waals surface area (Å²) in [4.78, 5) is 0. The Morgan fingerprint density at radius 1 is 1.47 bits per heavy atom. The Bertz CT molecular complexity index is 332. The summed E-state index contributed by atoms with van der Waals surface area (Å²) < 4.78 is 5.67. The van der Waals surface area contributed by atoms with E-state index >= 15 is 0 Å². The van der Waals surface area contributed by atoms with Gasteiger partial charge in [-0.05, 0) is 31.2 Å². The predicted octanol–water partition coefficient (Wildman–Crippen LogP) is 1.44. The Kier molecular flexibility index (Phi) is 3.46. The van der Waals surface area contributed by atoms with Crippen LogP contribution >= 0.6 is 11.6 Å². The molecule has 1 saturated heterocycles. The van der Waals surface area contributed by atoms with Gasteiger partial charge in [-0.15, -0.1) is 0 Å². The number of hydrogen-bond acceptors (Lipinski definition) is 3. The second-order valence-electron chi connectivity index (χ2n) is 3.67. The third-order valence-electron chi connectivity index (χ3n) is 2.47. The van der Waals surface area contributed by atoms with Crippen molar-refractivity contribution in [2.24, 2.45) is 0 Å². The van der Waals surface area contributed by atoms with Crippen LogP contribution in [-0.2, 0) is 0 Å². The fourth-order valence-electron chi connectivity index (χ4n) is 1.67. The van der Waals surface area contributed by atoms with Crippen LogP contribution in [0.15, 0.2) is 24.3 Å². The summed E-state index contributed by atoms with van der Waals surface area (Å²) in [6.45, 7) is 1.47. The van der Waals surface area contributed by atoms with Gasteiger partial charge >= 0.3 is 0 Å². The molecule has 1 heterocycles. The minimum Gasteiger partial charge on any atom is -0.488 e. The molecule has 0 bridgehead atoms. The standard InChI is InChI=1S/C11H14ClNO2/c12-8-2-1-3-9(6-8)15-11-4-5-13-7-10(11)14/h1-3,6,10-11,13-14H,4-5,7H2/t10-,11+/m1/s1. The van der Waals surface area contributed by atoms with E-state index < -0.39 is 6.10 Å². The summed E-state index contributed by atoms with van der Waals surface area (Å²) in [6, 6.07) is 7.25. The number of ether oxygens (including phenoxy) is 1. The van der Waals surface area contributed by atoms with E-state index in [4.69, 9.17) is 16.3 Å². The number of piperidine rings is 1. The molecule has 15 heavy (non-hydrogen) atoms. The van der Waals surface area contributed by atoms with E-state index in [9.17, 15) is 5.11 Å². The maximum atomic E-state index is 9.68. The largest absolute Gasteiger partial charge is 0.488 e. The Labute approximate surface area is 94.0 Å². The van der Waals surface area contributed by atoms with Crippen molar-refractivity contribution in [3.05, 3.63) is 29.3 Å². The number of benzene rings is 1. The highest BCUT2D eigenvalue weighted by Gasteiger charge is 2.24. The van der Waals surface area contributed by atoms with Crippen LogP contribution in [0.25, 0.3) is 0 Å². The van der Waals surface area contributed by atoms with E-state index in [1.54, 1.807) is 12.1 Å². The Morgan fingerprint density at radius 3 is 3.07 bits per heavy atom. The first-order valence-corrected chi connectivity index (χ1v) is 5.44. The lowest BCUT2D eigenvalue weighted by atomic mass is 10.1. The van der Waals surface area contributed by atoms with Crippen molar-refractivity contribution in [3.63, 3.8) is 0 Å². The van der Waals surface area contributed by atoms with Gasteiger partial charge in [-0.1, -0.05) is 17.7 Å². The highest BCUT2D eigenvalue weighted by atomic mass is 35.5. The maximum absolute atomic E-state index is 9.68. The summed E-state index contributed by atoms with van der Waals surface area (Å²) in [7, 11) is 0. The number of nitrogens with one attached hydrogen (secondary N) is 1. The van der Waals surface area contributed by atoms with Gasteiger partial charge in [0.15, 0.2) is 0 Å². The molecule has 1 aromatic rings. The van der Waals surface area contributed by atoms with Crippen LogP contribution in [0, 0.1) is 0 Å². The van der Waals surface area contributed by atoms with E-state index in [1.165, 1.54) is 0 Å². The summed E-state index contributed by atoms with van der Waals surface area (Å²) in [5.74, 6) is 0.716. The Morgan fingerprint density at radius 2 is 2.33 bits per heavy atom. The molecule has 0 aromatic heterocycles. The molecule has 0 aliphatic carbocycles. The van der Waals surface area contributed by atoms with E-state index in [2.05, 4.69) is 5.32 Å². The molecule has 4 heteroatoms. The molecule has 1 aliphatic rings. The van der Waals surface area contributed by atoms with Crippen molar-refractivity contribution < 1.29 is 9.84 Å². The molecule has 0 radical (unpaired) electrons. The fraction of sp³-hybridized carbons (Fsp3) is 0.455. The molecule has 82 valence electrons. The molecule has 1 fully saturated rings. The van der Waals surface area contributed by atoms with Crippen LogP contribution in [0.3, 0.4) is 0 Å². The molecule has 0 saturated carbocycles. The van der Waals surface area contributed by atoms with E-state index in [0.29, 0.717) is 17.3 Å². The second kappa shape index (κ2) is 4.84. The number of aliphatic hydroxyl groups excluding tert-OH is 1. The first-order chi connectivity index (χ1) is 7.25. The van der Waals surface area contributed by atoms with Crippen molar-refractivity contribution in [3.8, 4) is 5.75 Å². The van der Waals surface area contributed by atoms with Crippen LogP contribution < -0.4 is 10.1 Å². The molecule has 2 atom stereocenters. The average Bonchev–Trinajstić information content (AvgIpc) is 2.22. The lowest BCUT2D eigenvalue weighted by molar-refractivity contribution is 0.0163. The molecule has 2 rings (SSSR count). The summed E-state index contributed by atoms with van der Waals surface area (Å²) in [6.07, 6.45) is 0.232. The average molecular weight is 228 g/mol. The maximum Gasteiger partial charge on any atom is 0.127 e. The van der Waals surface area contributed by atoms with Gasteiger partial charge in [-0.25, -0.2) is 0 Å². The van der Waals surface area contributed by atoms with Crippen molar-refractivity contribution >= 4 is 11.6 Å². The van der Waals surface area contributed by atoms with Gasteiger partial charge in [0.1, 0.15) is 18.0 Å². The van der Waals surface area contributed by atoms with Gasteiger partial charge in [0, 0.05) is 11.6 Å². The molecule has 0 spiro atoms. The SMILES string of the molecule is O[C@@H]1CNCC[C@@H]1Oc1cccc(Cl)c1. The third kappa shape index (κ3) is 2.84. The van der Waals surface area contributed by atoms with Gasteiger partial charge < -0.3 is 15.2 Å². The van der Waals surface area contributed by atoms with Gasteiger partial charge in [0.05, 0.1) is 0 Å². The van der Waals surface area contributed by atoms with Gasteiger partial charge in [-0.2, -0.15) is 0 Å². The van der Waals surface area contributed by atoms with Crippen molar-refractivity contribution in [1.82, 2.24) is 5.32 Å². The fourth-order valence-corrected chi connectivity index (χ4v) is 1.85. The zero-order chi connectivity index (χ0) is 10.7. The number of aliphatic hydroxyl groups is 1. The molecule has 1 aromatic carbocycles. The second-order valence-corrected chi connectivity index (χ2v) is 4.11. The van der Waals surface area contributed by atoms with Crippen LogP contribution in [0.2, 0.25) is 5.02 Å². The normalized spacial score (nSPS) is 26.3. The van der Waals surface area contributed by atoms with Crippen LogP contribution in [-0.4, -0.2) is 30.4 Å². The van der Waals surface area contributed by atoms with Crippen LogP contribution in [0.5, 0.6) is 5.75 Å². The van der Waals surface area contributed by atoms with Crippen LogP contribution in [0.4, 0.5) is 0 Å². The van der Waals surface area contributed by atoms with E-state index in [-0.39, 0.29) is 6.10 Å². The lowest BCUT2D eigenvalue weighted by Gasteiger charge is -2.28. The molecule has 3 nitrogen and oxygen atoms in total. The minimum absolute atomic E-state index is 0.135. The first kappa shape index (κ1) is 10.7. The minimum atomic E-state index is -0.447. The van der Waals surface area contributed by atoms with Gasteiger partial charge in [0.2, 0.25) is 0 Å². The van der Waals surface area contributed by atoms with Gasteiger partial charge in [0.25, 0.3) is 0 Å². The number of β-amino-alcohol motifs (C(OH)–C–C–N with tert-alkyl or cyclic N) is 1. The zero-order valence-corrected chi connectivity index (χ0v) is 9.07. The monoisotopic (exact) mass is 227 g/mol. The molecule has 0 amide bonds. The first-order valence-electron chi connectivity index (χ1n) is 5.07. The predicted molar refractivity (Wildman–Crippen MR) is 59.4 cm³/mol. The van der Waals surface area contributed by atoms with Crippen molar-refractivity contribution in [1.29, 1.82) is 0 Å². The molecule has 1 aliphatic heterocycles. The third-order valence-corrected chi connectivity index (χ3v) is 2.71. The van der Waals surface area contributed by atoms with Crippen molar-refractivity contribution in [2.45, 2.75) is 18.6 Å². The highest BCUT2D eigenvalue weighted by molar-refractivity contribution is 6.30. The topological polar surface area (TPSA) is 41.5 Å².